The molecule has 1 N–H and O–H groups in total. The number of nitrogens with one attached hydrogen (secondary N) is 1. The Morgan fingerprint density at radius 1 is 1.08 bits per heavy atom. The maximum Gasteiger partial charge on any atom is 0.573 e. The first-order valence-corrected chi connectivity index (χ1v) is 13.6. The van der Waals surface area contributed by atoms with Crippen LogP contribution in [0.4, 0.5) is 18.3 Å². The van der Waals surface area contributed by atoms with Crippen molar-refractivity contribution < 1.29 is 27.5 Å². The van der Waals surface area contributed by atoms with Gasteiger partial charge in [-0.05, 0) is 38.0 Å². The van der Waals surface area contributed by atoms with E-state index in [1.165, 1.54) is 36.3 Å². The molecule has 2 aliphatic rings. The maximum atomic E-state index is 13.2. The van der Waals surface area contributed by atoms with Gasteiger partial charge in [0.25, 0.3) is 5.91 Å². The van der Waals surface area contributed by atoms with Gasteiger partial charge in [-0.25, -0.2) is 0 Å². The van der Waals surface area contributed by atoms with Crippen molar-refractivity contribution in [1.29, 1.82) is 0 Å². The molecule has 1 aromatic heterocycles. The van der Waals surface area contributed by atoms with Gasteiger partial charge < -0.3 is 4.74 Å². The average molecular weight is 560 g/mol. The predicted octanol–water partition coefficient (Wildman–Crippen LogP) is 4.64. The number of alkyl halides is 3. The summed E-state index contributed by atoms with van der Waals surface area (Å²) in [4.78, 5) is 30.6. The van der Waals surface area contributed by atoms with E-state index < -0.39 is 24.1 Å². The fourth-order valence-electron chi connectivity index (χ4n) is 4.69. The van der Waals surface area contributed by atoms with E-state index in [0.29, 0.717) is 11.0 Å². The van der Waals surface area contributed by atoms with Crippen molar-refractivity contribution in [3.05, 3.63) is 59.7 Å². The number of halogens is 3. The maximum absolute atomic E-state index is 13.2. The zero-order valence-electron chi connectivity index (χ0n) is 21.3. The summed E-state index contributed by atoms with van der Waals surface area (Å²) in [6.07, 6.45) is -2.80. The molecule has 1 saturated heterocycles. The third-order valence-corrected chi connectivity index (χ3v) is 7.89. The van der Waals surface area contributed by atoms with E-state index in [4.69, 9.17) is 0 Å². The molecule has 1 saturated carbocycles. The van der Waals surface area contributed by atoms with Crippen molar-refractivity contribution in [2.75, 3.05) is 31.5 Å². The lowest BCUT2D eigenvalue weighted by Crippen LogP contribution is -2.52. The summed E-state index contributed by atoms with van der Waals surface area (Å²) in [5.74, 6) is -1.32. The summed E-state index contributed by atoms with van der Waals surface area (Å²) in [6, 6.07) is 13.1. The van der Waals surface area contributed by atoms with Gasteiger partial charge in [-0.1, -0.05) is 41.7 Å². The number of aromatic nitrogens is 2. The van der Waals surface area contributed by atoms with E-state index in [2.05, 4.69) is 30.1 Å². The van der Waals surface area contributed by atoms with E-state index >= 15 is 0 Å². The van der Waals surface area contributed by atoms with Gasteiger partial charge in [-0.2, -0.15) is 0 Å². The summed E-state index contributed by atoms with van der Waals surface area (Å²) in [5, 5.41) is 11.6. The molecule has 0 bridgehead atoms. The number of benzene rings is 2. The monoisotopic (exact) mass is 559 g/mol. The first kappa shape index (κ1) is 27.2. The minimum absolute atomic E-state index is 0.00400. The normalized spacial score (nSPS) is 17.5. The van der Waals surface area contributed by atoms with Crippen LogP contribution in [0.25, 0.3) is 10.6 Å². The van der Waals surface area contributed by atoms with Gasteiger partial charge in [-0.3, -0.25) is 24.7 Å². The lowest BCUT2D eigenvalue weighted by Gasteiger charge is -2.37. The molecule has 0 radical (unpaired) electrons. The van der Waals surface area contributed by atoms with Crippen LogP contribution in [0, 0.1) is 0 Å². The molecular weight excluding hydrogens is 531 g/mol. The molecule has 0 spiro atoms. The number of nitrogens with zero attached hydrogens (tertiary/aromatic N) is 4. The molecule has 8 nitrogen and oxygen atoms in total. The summed E-state index contributed by atoms with van der Waals surface area (Å²) < 4.78 is 43.5. The van der Waals surface area contributed by atoms with Crippen LogP contribution in [-0.2, 0) is 11.2 Å². The van der Waals surface area contributed by atoms with Gasteiger partial charge >= 0.3 is 6.36 Å². The fourth-order valence-corrected chi connectivity index (χ4v) is 5.44. The summed E-state index contributed by atoms with van der Waals surface area (Å²) in [6.45, 7) is 4.97. The number of rotatable bonds is 9. The smallest absolute Gasteiger partial charge is 0.405 e. The molecule has 1 atom stereocenters. The number of piperazine rings is 1. The van der Waals surface area contributed by atoms with Crippen LogP contribution in [-0.4, -0.2) is 76.3 Å². The quantitative estimate of drug-likeness (QED) is 0.409. The zero-order chi connectivity index (χ0) is 27.6. The standard InChI is InChI=1S/C27H28F3N5O3S/c1-17(34-11-13-35(14-12-34)21-8-9-21)22(36)16-20-15-19(7-10-23(20)38-27(28,29)30)24(37)31-26-33-32-25(39-26)18-5-3-2-4-6-18/h2-7,10,15,17,21H,8-9,11-14,16H2,1H3,(H,31,33,37). The molecule has 12 heteroatoms. The van der Waals surface area contributed by atoms with Crippen LogP contribution in [0.3, 0.4) is 0 Å². The minimum Gasteiger partial charge on any atom is -0.405 e. The third kappa shape index (κ3) is 7.00. The van der Waals surface area contributed by atoms with Crippen LogP contribution in [0.15, 0.2) is 48.5 Å². The lowest BCUT2D eigenvalue weighted by molar-refractivity contribution is -0.274. The molecule has 2 heterocycles. The van der Waals surface area contributed by atoms with E-state index in [-0.39, 0.29) is 28.5 Å². The van der Waals surface area contributed by atoms with E-state index in [1.807, 2.05) is 30.3 Å². The second-order valence-corrected chi connectivity index (χ2v) is 10.7. The van der Waals surface area contributed by atoms with Gasteiger partial charge in [-0.15, -0.1) is 23.4 Å². The Kier molecular flexibility index (Phi) is 7.96. The van der Waals surface area contributed by atoms with Gasteiger partial charge in [0.2, 0.25) is 5.13 Å². The summed E-state index contributed by atoms with van der Waals surface area (Å²) in [5.41, 5.74) is 0.915. The Balaban J connectivity index is 1.29. The number of hydrogen-bond donors (Lipinski definition) is 1. The van der Waals surface area contributed by atoms with Crippen LogP contribution in [0.1, 0.15) is 35.7 Å². The first-order valence-electron chi connectivity index (χ1n) is 12.8. The predicted molar refractivity (Wildman–Crippen MR) is 141 cm³/mol. The number of hydrogen-bond acceptors (Lipinski definition) is 8. The second kappa shape index (κ2) is 11.4. The fraction of sp³-hybridized carbons (Fsp3) is 0.407. The molecule has 1 amide bonds. The third-order valence-electron chi connectivity index (χ3n) is 7.01. The second-order valence-electron chi connectivity index (χ2n) is 9.72. The number of carbonyl (C=O) groups excluding carboxylic acids is 2. The summed E-state index contributed by atoms with van der Waals surface area (Å²) in [7, 11) is 0. The SMILES string of the molecule is CC(C(=O)Cc1cc(C(=O)Nc2nnc(-c3ccccc3)s2)ccc1OC(F)(F)F)N1CCN(C2CC2)CC1. The van der Waals surface area contributed by atoms with Crippen molar-refractivity contribution in [3.8, 4) is 16.3 Å². The molecule has 2 fully saturated rings. The Labute approximate surface area is 227 Å². The minimum atomic E-state index is -4.94. The molecular formula is C27H28F3N5O3S. The van der Waals surface area contributed by atoms with Crippen molar-refractivity contribution in [2.45, 2.75) is 44.6 Å². The number of Topliss-reactive ketones (excluding diaryl/α,β-unsaturated/α-hetero) is 1. The van der Waals surface area contributed by atoms with Crippen LogP contribution in [0.2, 0.25) is 0 Å². The largest absolute Gasteiger partial charge is 0.573 e. The van der Waals surface area contributed by atoms with Crippen molar-refractivity contribution in [2.24, 2.45) is 0 Å². The van der Waals surface area contributed by atoms with Crippen molar-refractivity contribution >= 4 is 28.2 Å². The van der Waals surface area contributed by atoms with Gasteiger partial charge in [0.1, 0.15) is 10.8 Å². The highest BCUT2D eigenvalue weighted by atomic mass is 32.1. The van der Waals surface area contributed by atoms with E-state index in [9.17, 15) is 22.8 Å². The lowest BCUT2D eigenvalue weighted by atomic mass is 10.00. The topological polar surface area (TPSA) is 87.7 Å². The number of ether oxygens (including phenoxy) is 1. The Morgan fingerprint density at radius 2 is 1.79 bits per heavy atom. The average Bonchev–Trinajstić information content (AvgIpc) is 3.67. The van der Waals surface area contributed by atoms with Crippen LogP contribution in [0.5, 0.6) is 5.75 Å². The molecule has 39 heavy (non-hydrogen) atoms. The molecule has 1 aliphatic heterocycles. The summed E-state index contributed by atoms with van der Waals surface area (Å²) >= 11 is 1.17. The van der Waals surface area contributed by atoms with Gasteiger partial charge in [0.15, 0.2) is 5.78 Å². The number of amides is 1. The Bertz CT molecular complexity index is 1320. The van der Waals surface area contributed by atoms with Gasteiger partial charge in [0.05, 0.1) is 6.04 Å². The molecule has 5 rings (SSSR count). The van der Waals surface area contributed by atoms with E-state index in [0.717, 1.165) is 37.8 Å². The van der Waals surface area contributed by atoms with Crippen LogP contribution >= 0.6 is 11.3 Å². The van der Waals surface area contributed by atoms with Crippen molar-refractivity contribution in [1.82, 2.24) is 20.0 Å². The number of ketones is 1. The first-order chi connectivity index (χ1) is 18.7. The Morgan fingerprint density at radius 3 is 2.46 bits per heavy atom. The molecule has 2 aromatic carbocycles. The zero-order valence-corrected chi connectivity index (χ0v) is 22.1. The van der Waals surface area contributed by atoms with Crippen LogP contribution < -0.4 is 10.1 Å². The highest BCUT2D eigenvalue weighted by Gasteiger charge is 2.35. The van der Waals surface area contributed by atoms with E-state index in [1.54, 1.807) is 6.92 Å². The molecule has 1 unspecified atom stereocenters. The molecule has 1 aliphatic carbocycles. The van der Waals surface area contributed by atoms with Gasteiger partial charge in [0, 0.05) is 55.3 Å². The molecule has 206 valence electrons. The molecule has 3 aromatic rings. The highest BCUT2D eigenvalue weighted by Crippen LogP contribution is 2.31. The number of carbonyl (C=O) groups is 2. The number of anilines is 1. The van der Waals surface area contributed by atoms with Crippen molar-refractivity contribution in [3.63, 3.8) is 0 Å². The highest BCUT2D eigenvalue weighted by molar-refractivity contribution is 7.18. The Hall–Kier alpha value is -3.35.